The minimum Gasteiger partial charge on any atom is -0.508 e. The van der Waals surface area contributed by atoms with Crippen molar-refractivity contribution in [3.8, 4) is 11.5 Å². The predicted octanol–water partition coefficient (Wildman–Crippen LogP) is 0.630. The number of methoxy groups -OCH3 is 1. The molecule has 1 unspecified atom stereocenters. The number of esters is 1. The summed E-state index contributed by atoms with van der Waals surface area (Å²) in [5.41, 5.74) is 5.76. The van der Waals surface area contributed by atoms with Gasteiger partial charge in [0.1, 0.15) is 17.5 Å². The number of carbonyl (C=O) groups is 1. The van der Waals surface area contributed by atoms with Crippen LogP contribution in [0.25, 0.3) is 0 Å². The molecule has 17 heavy (non-hydrogen) atoms. The van der Waals surface area contributed by atoms with E-state index < -0.39 is 17.4 Å². The quantitative estimate of drug-likeness (QED) is 0.529. The number of phenols is 2. The van der Waals surface area contributed by atoms with E-state index >= 15 is 0 Å². The smallest absolute Gasteiger partial charge is 0.323 e. The Labute approximate surface area is 98.8 Å². The molecule has 1 aromatic carbocycles. The third-order valence-electron chi connectivity index (χ3n) is 3.36. The van der Waals surface area contributed by atoms with E-state index in [1.807, 2.05) is 0 Å². The zero-order valence-corrected chi connectivity index (χ0v) is 9.51. The van der Waals surface area contributed by atoms with Crippen LogP contribution in [-0.4, -0.2) is 29.3 Å². The molecule has 2 rings (SSSR count). The summed E-state index contributed by atoms with van der Waals surface area (Å²) in [5.74, 6) is -0.425. The number of benzene rings is 1. The third kappa shape index (κ3) is 1.82. The molecule has 0 aliphatic heterocycles. The molecule has 1 aliphatic rings. The summed E-state index contributed by atoms with van der Waals surface area (Å²) in [6, 6.07) is 3.42. The molecule has 0 spiro atoms. The molecule has 1 atom stereocenters. The van der Waals surface area contributed by atoms with Crippen LogP contribution in [0.1, 0.15) is 18.4 Å². The average molecular weight is 237 g/mol. The summed E-state index contributed by atoms with van der Waals surface area (Å²) in [4.78, 5) is 11.5. The average Bonchev–Trinajstić information content (AvgIpc) is 3.11. The number of hydrogen-bond acceptors (Lipinski definition) is 5. The Morgan fingerprint density at radius 3 is 2.65 bits per heavy atom. The van der Waals surface area contributed by atoms with E-state index in [4.69, 9.17) is 5.73 Å². The summed E-state index contributed by atoms with van der Waals surface area (Å²) < 4.78 is 4.62. The van der Waals surface area contributed by atoms with Crippen LogP contribution in [-0.2, 0) is 14.9 Å². The molecule has 5 nitrogen and oxygen atoms in total. The van der Waals surface area contributed by atoms with Gasteiger partial charge in [0.2, 0.25) is 0 Å². The molecule has 0 radical (unpaired) electrons. The molecule has 1 saturated carbocycles. The summed E-state index contributed by atoms with van der Waals surface area (Å²) in [6.07, 6.45) is 1.39. The Morgan fingerprint density at radius 2 is 2.12 bits per heavy atom. The maximum absolute atomic E-state index is 11.5. The van der Waals surface area contributed by atoms with Crippen LogP contribution in [0.4, 0.5) is 0 Å². The van der Waals surface area contributed by atoms with Gasteiger partial charge in [-0.25, -0.2) is 0 Å². The fourth-order valence-electron chi connectivity index (χ4n) is 2.16. The standard InChI is InChI=1S/C12H15NO4/c1-17-11(16)10(13)12(4-5-12)8-6-7(14)2-3-9(8)15/h2-3,6,10,14-15H,4-5,13H2,1H3. The monoisotopic (exact) mass is 237 g/mol. The topological polar surface area (TPSA) is 92.8 Å². The number of hydrogen-bond donors (Lipinski definition) is 3. The van der Waals surface area contributed by atoms with Gasteiger partial charge in [-0.15, -0.1) is 0 Å². The number of nitrogens with two attached hydrogens (primary N) is 1. The largest absolute Gasteiger partial charge is 0.508 e. The Kier molecular flexibility index (Phi) is 2.71. The molecule has 0 bridgehead atoms. The normalized spacial score (nSPS) is 18.5. The van der Waals surface area contributed by atoms with Crippen LogP contribution < -0.4 is 5.73 Å². The number of phenolic OH excluding ortho intramolecular Hbond substituents is 2. The summed E-state index contributed by atoms with van der Waals surface area (Å²) >= 11 is 0. The summed E-state index contributed by atoms with van der Waals surface area (Å²) in [5, 5.41) is 19.2. The lowest BCUT2D eigenvalue weighted by Gasteiger charge is -2.22. The van der Waals surface area contributed by atoms with Gasteiger partial charge >= 0.3 is 5.97 Å². The van der Waals surface area contributed by atoms with Gasteiger partial charge in [0.15, 0.2) is 0 Å². The number of carbonyl (C=O) groups excluding carboxylic acids is 1. The van der Waals surface area contributed by atoms with Crippen molar-refractivity contribution in [2.24, 2.45) is 5.73 Å². The van der Waals surface area contributed by atoms with Crippen LogP contribution in [0.2, 0.25) is 0 Å². The highest BCUT2D eigenvalue weighted by Gasteiger charge is 2.54. The van der Waals surface area contributed by atoms with Crippen molar-refractivity contribution in [2.45, 2.75) is 24.3 Å². The molecule has 92 valence electrons. The first-order valence-electron chi connectivity index (χ1n) is 5.37. The molecular weight excluding hydrogens is 222 g/mol. The van der Waals surface area contributed by atoms with Crippen molar-refractivity contribution < 1.29 is 19.7 Å². The van der Waals surface area contributed by atoms with Crippen LogP contribution in [0, 0.1) is 0 Å². The van der Waals surface area contributed by atoms with E-state index in [-0.39, 0.29) is 11.5 Å². The molecule has 4 N–H and O–H groups in total. The van der Waals surface area contributed by atoms with Crippen LogP contribution in [0.3, 0.4) is 0 Å². The first-order valence-corrected chi connectivity index (χ1v) is 5.37. The molecule has 1 aliphatic carbocycles. The SMILES string of the molecule is COC(=O)C(N)C1(c2cc(O)ccc2O)CC1. The lowest BCUT2D eigenvalue weighted by molar-refractivity contribution is -0.143. The summed E-state index contributed by atoms with van der Waals surface area (Å²) in [6.45, 7) is 0. The highest BCUT2D eigenvalue weighted by Crippen LogP contribution is 2.53. The van der Waals surface area contributed by atoms with Gasteiger partial charge in [0, 0.05) is 11.0 Å². The predicted molar refractivity (Wildman–Crippen MR) is 60.7 cm³/mol. The number of rotatable bonds is 3. The van der Waals surface area contributed by atoms with E-state index in [1.54, 1.807) is 0 Å². The Morgan fingerprint density at radius 1 is 1.47 bits per heavy atom. The van der Waals surface area contributed by atoms with E-state index in [9.17, 15) is 15.0 Å². The number of aromatic hydroxyl groups is 2. The lowest BCUT2D eigenvalue weighted by Crippen LogP contribution is -2.42. The maximum atomic E-state index is 11.5. The van der Waals surface area contributed by atoms with E-state index in [2.05, 4.69) is 4.74 Å². The van der Waals surface area contributed by atoms with Gasteiger partial charge in [-0.1, -0.05) is 0 Å². The minimum atomic E-state index is -0.819. The Hall–Kier alpha value is -1.75. The van der Waals surface area contributed by atoms with Gasteiger partial charge in [0.05, 0.1) is 7.11 Å². The highest BCUT2D eigenvalue weighted by molar-refractivity contribution is 5.79. The van der Waals surface area contributed by atoms with Gasteiger partial charge in [-0.3, -0.25) is 4.79 Å². The van der Waals surface area contributed by atoms with E-state index in [0.29, 0.717) is 18.4 Å². The molecule has 0 saturated heterocycles. The first-order chi connectivity index (χ1) is 8.01. The second-order valence-corrected chi connectivity index (χ2v) is 4.36. The molecule has 0 aromatic heterocycles. The fraction of sp³-hybridized carbons (Fsp3) is 0.417. The zero-order valence-electron chi connectivity index (χ0n) is 9.51. The lowest BCUT2D eigenvalue weighted by atomic mass is 9.87. The van der Waals surface area contributed by atoms with Crippen molar-refractivity contribution in [3.63, 3.8) is 0 Å². The Balaban J connectivity index is 2.38. The molecule has 0 heterocycles. The van der Waals surface area contributed by atoms with Gasteiger partial charge in [-0.2, -0.15) is 0 Å². The third-order valence-corrected chi connectivity index (χ3v) is 3.36. The maximum Gasteiger partial charge on any atom is 0.323 e. The molecule has 1 aromatic rings. The molecule has 5 heteroatoms. The van der Waals surface area contributed by atoms with Crippen molar-refractivity contribution in [1.29, 1.82) is 0 Å². The first kappa shape index (κ1) is 11.7. The van der Waals surface area contributed by atoms with Crippen molar-refractivity contribution in [2.75, 3.05) is 7.11 Å². The van der Waals surface area contributed by atoms with Crippen molar-refractivity contribution in [3.05, 3.63) is 23.8 Å². The molecule has 0 amide bonds. The van der Waals surface area contributed by atoms with Crippen molar-refractivity contribution >= 4 is 5.97 Å². The van der Waals surface area contributed by atoms with Crippen LogP contribution in [0.15, 0.2) is 18.2 Å². The van der Waals surface area contributed by atoms with Gasteiger partial charge in [-0.05, 0) is 31.0 Å². The summed E-state index contributed by atoms with van der Waals surface area (Å²) in [7, 11) is 1.28. The van der Waals surface area contributed by atoms with Crippen LogP contribution >= 0.6 is 0 Å². The Bertz CT molecular complexity index is 454. The number of ether oxygens (including phenoxy) is 1. The van der Waals surface area contributed by atoms with E-state index in [1.165, 1.54) is 25.3 Å². The van der Waals surface area contributed by atoms with E-state index in [0.717, 1.165) is 0 Å². The zero-order chi connectivity index (χ0) is 12.6. The van der Waals surface area contributed by atoms with Gasteiger partial charge in [0.25, 0.3) is 0 Å². The van der Waals surface area contributed by atoms with Crippen LogP contribution in [0.5, 0.6) is 11.5 Å². The second-order valence-electron chi connectivity index (χ2n) is 4.36. The highest BCUT2D eigenvalue weighted by atomic mass is 16.5. The minimum absolute atomic E-state index is 0.0413. The second kappa shape index (κ2) is 3.92. The fourth-order valence-corrected chi connectivity index (χ4v) is 2.16. The van der Waals surface area contributed by atoms with Crippen molar-refractivity contribution in [1.82, 2.24) is 0 Å². The van der Waals surface area contributed by atoms with Gasteiger partial charge < -0.3 is 20.7 Å². The molecular formula is C12H15NO4. The molecule has 1 fully saturated rings.